The Kier molecular flexibility index (Phi) is 3.64. The Bertz CT molecular complexity index is 656. The van der Waals surface area contributed by atoms with E-state index in [2.05, 4.69) is 5.16 Å². The van der Waals surface area contributed by atoms with Gasteiger partial charge in [-0.2, -0.15) is 0 Å². The van der Waals surface area contributed by atoms with Crippen LogP contribution in [0.25, 0.3) is 0 Å². The summed E-state index contributed by atoms with van der Waals surface area (Å²) < 4.78 is 0. The third-order valence-corrected chi connectivity index (χ3v) is 3.49. The summed E-state index contributed by atoms with van der Waals surface area (Å²) >= 11 is 0. The molecule has 0 unspecified atom stereocenters. The Labute approximate surface area is 122 Å². The molecule has 5 nitrogen and oxygen atoms in total. The maximum atomic E-state index is 11.4. The smallest absolute Gasteiger partial charge is 0.297 e. The molecule has 0 radical (unpaired) electrons. The highest BCUT2D eigenvalue weighted by Crippen LogP contribution is 2.30. The molecule has 3 rings (SSSR count). The summed E-state index contributed by atoms with van der Waals surface area (Å²) in [5.74, 6) is 0. The van der Waals surface area contributed by atoms with Gasteiger partial charge in [-0.05, 0) is 5.56 Å². The summed E-state index contributed by atoms with van der Waals surface area (Å²) in [6.07, 6.45) is -0.226. The third-order valence-electron chi connectivity index (χ3n) is 3.49. The largest absolute Gasteiger partial charge is 0.380 e. The van der Waals surface area contributed by atoms with Crippen LogP contribution in [0.15, 0.2) is 65.8 Å². The van der Waals surface area contributed by atoms with Crippen LogP contribution in [0.4, 0.5) is 0 Å². The van der Waals surface area contributed by atoms with Gasteiger partial charge in [0.25, 0.3) is 6.04 Å². The highest BCUT2D eigenvalue weighted by Gasteiger charge is 2.44. The maximum Gasteiger partial charge on any atom is 0.297 e. The Morgan fingerprint density at radius 2 is 1.67 bits per heavy atom. The number of nitro groups is 1. The van der Waals surface area contributed by atoms with Crippen LogP contribution in [0.2, 0.25) is 0 Å². The molecule has 0 aliphatic carbocycles. The van der Waals surface area contributed by atoms with Gasteiger partial charge in [0, 0.05) is 16.9 Å². The van der Waals surface area contributed by atoms with Crippen molar-refractivity contribution in [3.05, 3.63) is 81.9 Å². The quantitative estimate of drug-likeness (QED) is 0.639. The van der Waals surface area contributed by atoms with Crippen LogP contribution in [0.1, 0.15) is 17.2 Å². The zero-order valence-corrected chi connectivity index (χ0v) is 11.3. The van der Waals surface area contributed by atoms with Crippen LogP contribution in [0.3, 0.4) is 0 Å². The SMILES string of the molecule is O=[N+]([O-])[C@H]1C(Cc2ccccc2)=NO[C@@H]1c1ccccc1. The zero-order chi connectivity index (χ0) is 14.7. The summed E-state index contributed by atoms with van der Waals surface area (Å²) in [6, 6.07) is 17.8. The molecule has 2 aromatic rings. The predicted molar refractivity (Wildman–Crippen MR) is 78.6 cm³/mol. The molecule has 1 heterocycles. The van der Waals surface area contributed by atoms with Gasteiger partial charge in [0.2, 0.25) is 6.10 Å². The lowest BCUT2D eigenvalue weighted by Crippen LogP contribution is -2.33. The molecule has 1 aliphatic heterocycles. The molecule has 106 valence electrons. The molecule has 0 saturated carbocycles. The van der Waals surface area contributed by atoms with Crippen molar-refractivity contribution in [2.24, 2.45) is 5.16 Å². The van der Waals surface area contributed by atoms with E-state index < -0.39 is 12.1 Å². The molecule has 0 saturated heterocycles. The first-order valence-corrected chi connectivity index (χ1v) is 6.70. The molecule has 21 heavy (non-hydrogen) atoms. The fraction of sp³-hybridized carbons (Fsp3) is 0.188. The van der Waals surface area contributed by atoms with Gasteiger partial charge in [-0.3, -0.25) is 10.1 Å². The molecular weight excluding hydrogens is 268 g/mol. The van der Waals surface area contributed by atoms with Gasteiger partial charge in [0.15, 0.2) is 0 Å². The number of benzene rings is 2. The predicted octanol–water partition coefficient (Wildman–Crippen LogP) is 3.00. The van der Waals surface area contributed by atoms with Gasteiger partial charge < -0.3 is 4.84 Å². The zero-order valence-electron chi connectivity index (χ0n) is 11.3. The minimum Gasteiger partial charge on any atom is -0.380 e. The van der Waals surface area contributed by atoms with Crippen molar-refractivity contribution >= 4 is 5.71 Å². The minimum atomic E-state index is -0.937. The van der Waals surface area contributed by atoms with Crippen molar-refractivity contribution in [2.45, 2.75) is 18.6 Å². The summed E-state index contributed by atoms with van der Waals surface area (Å²) in [6.45, 7) is 0. The molecule has 1 aliphatic rings. The van der Waals surface area contributed by atoms with Crippen molar-refractivity contribution in [1.29, 1.82) is 0 Å². The lowest BCUT2D eigenvalue weighted by Gasteiger charge is -2.12. The molecule has 0 fully saturated rings. The van der Waals surface area contributed by atoms with Crippen molar-refractivity contribution in [3.8, 4) is 0 Å². The molecular formula is C16H14N2O3. The molecule has 0 aromatic heterocycles. The van der Waals surface area contributed by atoms with E-state index in [0.717, 1.165) is 11.1 Å². The number of oxime groups is 1. The second-order valence-electron chi connectivity index (χ2n) is 4.91. The second kappa shape index (κ2) is 5.75. The van der Waals surface area contributed by atoms with Gasteiger partial charge in [-0.25, -0.2) is 0 Å². The fourth-order valence-corrected chi connectivity index (χ4v) is 2.47. The van der Waals surface area contributed by atoms with Crippen LogP contribution in [-0.4, -0.2) is 16.7 Å². The summed E-state index contributed by atoms with van der Waals surface area (Å²) in [5.41, 5.74) is 2.21. The van der Waals surface area contributed by atoms with E-state index in [1.165, 1.54) is 0 Å². The molecule has 2 atom stereocenters. The normalized spacial score (nSPS) is 20.7. The Morgan fingerprint density at radius 1 is 1.05 bits per heavy atom. The first-order chi connectivity index (χ1) is 10.3. The lowest BCUT2D eigenvalue weighted by molar-refractivity contribution is -0.513. The van der Waals surface area contributed by atoms with Crippen molar-refractivity contribution in [2.75, 3.05) is 0 Å². The third kappa shape index (κ3) is 2.76. The van der Waals surface area contributed by atoms with Gasteiger partial charge in [-0.1, -0.05) is 65.8 Å². The Morgan fingerprint density at radius 3 is 2.29 bits per heavy atom. The van der Waals surface area contributed by atoms with Crippen molar-refractivity contribution in [3.63, 3.8) is 0 Å². The first kappa shape index (κ1) is 13.3. The van der Waals surface area contributed by atoms with E-state index >= 15 is 0 Å². The Hall–Kier alpha value is -2.69. The van der Waals surface area contributed by atoms with Crippen LogP contribution in [0, 0.1) is 10.1 Å². The molecule has 5 heteroatoms. The Balaban J connectivity index is 1.84. The van der Waals surface area contributed by atoms with E-state index in [9.17, 15) is 10.1 Å². The molecule has 0 N–H and O–H groups in total. The highest BCUT2D eigenvalue weighted by molar-refractivity contribution is 5.91. The average Bonchev–Trinajstić information content (AvgIpc) is 2.93. The summed E-state index contributed by atoms with van der Waals surface area (Å²) in [5, 5.41) is 15.4. The van der Waals surface area contributed by atoms with Crippen molar-refractivity contribution < 1.29 is 9.76 Å². The first-order valence-electron chi connectivity index (χ1n) is 6.70. The number of nitrogens with zero attached hydrogens (tertiary/aromatic N) is 2. The summed E-state index contributed by atoms with van der Waals surface area (Å²) in [4.78, 5) is 16.5. The van der Waals surface area contributed by atoms with E-state index in [-0.39, 0.29) is 4.92 Å². The maximum absolute atomic E-state index is 11.4. The number of hydrogen-bond donors (Lipinski definition) is 0. The van der Waals surface area contributed by atoms with Gasteiger partial charge in [-0.15, -0.1) is 0 Å². The van der Waals surface area contributed by atoms with E-state index in [1.807, 2.05) is 60.7 Å². The molecule has 2 aromatic carbocycles. The van der Waals surface area contributed by atoms with E-state index in [0.29, 0.717) is 12.1 Å². The fourth-order valence-electron chi connectivity index (χ4n) is 2.47. The van der Waals surface area contributed by atoms with Crippen LogP contribution < -0.4 is 0 Å². The van der Waals surface area contributed by atoms with Crippen molar-refractivity contribution in [1.82, 2.24) is 0 Å². The lowest BCUT2D eigenvalue weighted by atomic mass is 9.96. The van der Waals surface area contributed by atoms with Crippen LogP contribution >= 0.6 is 0 Å². The molecule has 0 spiro atoms. The van der Waals surface area contributed by atoms with E-state index in [1.54, 1.807) is 0 Å². The molecule has 0 amide bonds. The van der Waals surface area contributed by atoms with Crippen LogP contribution in [-0.2, 0) is 11.3 Å². The van der Waals surface area contributed by atoms with Crippen LogP contribution in [0.5, 0.6) is 0 Å². The van der Waals surface area contributed by atoms with Gasteiger partial charge in [0.05, 0.1) is 0 Å². The average molecular weight is 282 g/mol. The second-order valence-corrected chi connectivity index (χ2v) is 4.91. The number of hydrogen-bond acceptors (Lipinski definition) is 4. The number of rotatable bonds is 4. The monoisotopic (exact) mass is 282 g/mol. The minimum absolute atomic E-state index is 0.313. The van der Waals surface area contributed by atoms with E-state index in [4.69, 9.17) is 4.84 Å². The molecule has 0 bridgehead atoms. The topological polar surface area (TPSA) is 64.7 Å². The highest BCUT2D eigenvalue weighted by atomic mass is 16.7. The summed E-state index contributed by atoms with van der Waals surface area (Å²) in [7, 11) is 0. The van der Waals surface area contributed by atoms with Gasteiger partial charge >= 0.3 is 0 Å². The van der Waals surface area contributed by atoms with Gasteiger partial charge in [0.1, 0.15) is 5.71 Å². The standard InChI is InChI=1S/C16H14N2O3/c19-18(20)15-14(11-12-7-3-1-4-8-12)17-21-16(15)13-9-5-2-6-10-13/h1-10,15-16H,11H2/t15-,16+/m0/s1.